The Morgan fingerprint density at radius 1 is 1.17 bits per heavy atom. The molecule has 0 aromatic carbocycles. The van der Waals surface area contributed by atoms with Crippen LogP contribution in [0.3, 0.4) is 0 Å². The van der Waals surface area contributed by atoms with Gasteiger partial charge in [0.05, 0.1) is 0 Å². The van der Waals surface area contributed by atoms with Crippen molar-refractivity contribution in [1.29, 1.82) is 0 Å². The zero-order chi connectivity index (χ0) is 14.2. The third-order valence-corrected chi connectivity index (χ3v) is 8.15. The van der Waals surface area contributed by atoms with Crippen LogP contribution in [-0.2, 0) is 4.43 Å². The molecule has 0 aliphatic rings. The number of rotatable bonds is 8. The maximum Gasteiger partial charge on any atom is 0.404 e. The normalized spacial score (nSPS) is 12.5. The number of unbranched alkanes of at least 4 members (excludes halogenated alkanes) is 3. The molecule has 0 saturated carbocycles. The maximum absolute atomic E-state index is 10.2. The van der Waals surface area contributed by atoms with Gasteiger partial charge in [0.2, 0.25) is 0 Å². The van der Waals surface area contributed by atoms with Crippen molar-refractivity contribution < 1.29 is 14.3 Å². The van der Waals surface area contributed by atoms with Gasteiger partial charge in [0.15, 0.2) is 8.32 Å². The van der Waals surface area contributed by atoms with Crippen molar-refractivity contribution in [2.75, 3.05) is 13.2 Å². The number of nitrogens with one attached hydrogen (secondary N) is 1. The molecule has 0 aromatic heterocycles. The van der Waals surface area contributed by atoms with E-state index < -0.39 is 14.4 Å². The van der Waals surface area contributed by atoms with Crippen LogP contribution < -0.4 is 5.32 Å². The Labute approximate surface area is 112 Å². The first-order valence-corrected chi connectivity index (χ1v) is 9.68. The van der Waals surface area contributed by atoms with Crippen LogP contribution >= 0.6 is 0 Å². The largest absolute Gasteiger partial charge is 0.465 e. The van der Waals surface area contributed by atoms with Crippen molar-refractivity contribution >= 4 is 14.4 Å². The van der Waals surface area contributed by atoms with E-state index in [1.807, 2.05) is 0 Å². The molecule has 0 aliphatic carbocycles. The second-order valence-electron chi connectivity index (χ2n) is 6.25. The summed E-state index contributed by atoms with van der Waals surface area (Å²) in [6, 6.07) is 0. The Bertz CT molecular complexity index is 249. The SMILES string of the molecule is CC(C)(C)[Si](C)(C)OCCCCCCNC(=O)O. The zero-order valence-electron chi connectivity index (χ0n) is 12.5. The number of amides is 1. The smallest absolute Gasteiger partial charge is 0.404 e. The molecule has 0 unspecified atom stereocenters. The molecule has 5 heteroatoms. The van der Waals surface area contributed by atoms with Crippen molar-refractivity contribution in [2.24, 2.45) is 0 Å². The molecule has 0 atom stereocenters. The van der Waals surface area contributed by atoms with Crippen LogP contribution in [0.25, 0.3) is 0 Å². The molecule has 108 valence electrons. The highest BCUT2D eigenvalue weighted by molar-refractivity contribution is 6.74. The number of carbonyl (C=O) groups is 1. The predicted molar refractivity (Wildman–Crippen MR) is 77.6 cm³/mol. The summed E-state index contributed by atoms with van der Waals surface area (Å²) >= 11 is 0. The van der Waals surface area contributed by atoms with Crippen LogP contribution in [0.1, 0.15) is 46.5 Å². The summed E-state index contributed by atoms with van der Waals surface area (Å²) in [7, 11) is -1.59. The Hall–Kier alpha value is -0.553. The van der Waals surface area contributed by atoms with E-state index in [1.54, 1.807) is 0 Å². The quantitative estimate of drug-likeness (QED) is 0.523. The molecule has 0 aliphatic heterocycles. The van der Waals surface area contributed by atoms with Crippen molar-refractivity contribution in [3.8, 4) is 0 Å². The Kier molecular flexibility index (Phi) is 7.55. The van der Waals surface area contributed by atoms with Crippen LogP contribution in [0.2, 0.25) is 18.1 Å². The van der Waals surface area contributed by atoms with Gasteiger partial charge in [0, 0.05) is 13.2 Å². The maximum atomic E-state index is 10.2. The predicted octanol–water partition coefficient (Wildman–Crippen LogP) is 3.84. The fraction of sp³-hybridized carbons (Fsp3) is 0.923. The van der Waals surface area contributed by atoms with Gasteiger partial charge in [0.1, 0.15) is 0 Å². The molecule has 4 nitrogen and oxygen atoms in total. The van der Waals surface area contributed by atoms with E-state index in [2.05, 4.69) is 39.2 Å². The van der Waals surface area contributed by atoms with Gasteiger partial charge in [-0.3, -0.25) is 0 Å². The van der Waals surface area contributed by atoms with E-state index in [0.29, 0.717) is 6.54 Å². The fourth-order valence-electron chi connectivity index (χ4n) is 1.32. The molecule has 0 aromatic rings. The average molecular weight is 275 g/mol. The van der Waals surface area contributed by atoms with E-state index in [-0.39, 0.29) is 5.04 Å². The minimum Gasteiger partial charge on any atom is -0.465 e. The van der Waals surface area contributed by atoms with E-state index in [9.17, 15) is 4.79 Å². The van der Waals surface area contributed by atoms with Gasteiger partial charge in [-0.15, -0.1) is 0 Å². The monoisotopic (exact) mass is 275 g/mol. The summed E-state index contributed by atoms with van der Waals surface area (Å²) in [4.78, 5) is 10.2. The van der Waals surface area contributed by atoms with Gasteiger partial charge in [0.25, 0.3) is 0 Å². The van der Waals surface area contributed by atoms with Crippen LogP contribution in [-0.4, -0.2) is 32.7 Å². The van der Waals surface area contributed by atoms with Crippen LogP contribution in [0.5, 0.6) is 0 Å². The van der Waals surface area contributed by atoms with E-state index >= 15 is 0 Å². The standard InChI is InChI=1S/C13H29NO3Si/c1-13(2,3)18(4,5)17-11-9-7-6-8-10-14-12(15)16/h14H,6-11H2,1-5H3,(H,15,16). The van der Waals surface area contributed by atoms with Gasteiger partial charge in [-0.05, 0) is 31.0 Å². The molecule has 0 rings (SSSR count). The van der Waals surface area contributed by atoms with E-state index in [0.717, 1.165) is 32.3 Å². The average Bonchev–Trinajstić information content (AvgIpc) is 2.19. The Morgan fingerprint density at radius 3 is 2.22 bits per heavy atom. The summed E-state index contributed by atoms with van der Waals surface area (Å²) < 4.78 is 6.07. The topological polar surface area (TPSA) is 58.6 Å². The fourth-order valence-corrected chi connectivity index (χ4v) is 2.41. The summed E-state index contributed by atoms with van der Waals surface area (Å²) in [6.45, 7) is 12.7. The first-order chi connectivity index (χ1) is 8.17. The van der Waals surface area contributed by atoms with Crippen molar-refractivity contribution in [3.05, 3.63) is 0 Å². The van der Waals surface area contributed by atoms with Crippen LogP contribution in [0, 0.1) is 0 Å². The number of hydrogen-bond donors (Lipinski definition) is 2. The van der Waals surface area contributed by atoms with Gasteiger partial charge < -0.3 is 14.8 Å². The molecular formula is C13H29NO3Si. The molecule has 0 fully saturated rings. The van der Waals surface area contributed by atoms with Gasteiger partial charge in [-0.2, -0.15) is 0 Å². The van der Waals surface area contributed by atoms with E-state index in [1.165, 1.54) is 0 Å². The van der Waals surface area contributed by atoms with Gasteiger partial charge in [-0.25, -0.2) is 4.79 Å². The van der Waals surface area contributed by atoms with Gasteiger partial charge in [-0.1, -0.05) is 33.6 Å². The molecule has 0 bridgehead atoms. The molecule has 0 heterocycles. The summed E-state index contributed by atoms with van der Waals surface area (Å²) in [6.07, 6.45) is 3.21. The van der Waals surface area contributed by atoms with Crippen molar-refractivity contribution in [3.63, 3.8) is 0 Å². The lowest BCUT2D eigenvalue weighted by atomic mass is 10.2. The van der Waals surface area contributed by atoms with E-state index in [4.69, 9.17) is 9.53 Å². The first kappa shape index (κ1) is 17.4. The van der Waals surface area contributed by atoms with Crippen molar-refractivity contribution in [2.45, 2.75) is 64.6 Å². The Morgan fingerprint density at radius 2 is 1.72 bits per heavy atom. The molecule has 0 radical (unpaired) electrons. The number of hydrogen-bond acceptors (Lipinski definition) is 2. The zero-order valence-corrected chi connectivity index (χ0v) is 13.5. The summed E-state index contributed by atoms with van der Waals surface area (Å²) in [5.41, 5.74) is 0. The summed E-state index contributed by atoms with van der Waals surface area (Å²) in [5.74, 6) is 0. The lowest BCUT2D eigenvalue weighted by Gasteiger charge is -2.36. The second-order valence-corrected chi connectivity index (χ2v) is 11.1. The minimum atomic E-state index is -1.59. The molecule has 2 N–H and O–H groups in total. The lowest BCUT2D eigenvalue weighted by molar-refractivity contribution is 0.194. The Balaban J connectivity index is 3.49. The lowest BCUT2D eigenvalue weighted by Crippen LogP contribution is -2.40. The first-order valence-electron chi connectivity index (χ1n) is 6.77. The highest BCUT2D eigenvalue weighted by Crippen LogP contribution is 2.36. The van der Waals surface area contributed by atoms with Crippen LogP contribution in [0.4, 0.5) is 4.79 Å². The molecule has 1 amide bonds. The van der Waals surface area contributed by atoms with Gasteiger partial charge >= 0.3 is 6.09 Å². The second kappa shape index (κ2) is 7.79. The molecule has 18 heavy (non-hydrogen) atoms. The highest BCUT2D eigenvalue weighted by Gasteiger charge is 2.36. The minimum absolute atomic E-state index is 0.276. The van der Waals surface area contributed by atoms with Crippen LogP contribution in [0.15, 0.2) is 0 Å². The highest BCUT2D eigenvalue weighted by atomic mass is 28.4. The summed E-state index contributed by atoms with van der Waals surface area (Å²) in [5, 5.41) is 11.0. The molecule has 0 saturated heterocycles. The van der Waals surface area contributed by atoms with Crippen molar-refractivity contribution in [1.82, 2.24) is 5.32 Å². The molecule has 0 spiro atoms. The third kappa shape index (κ3) is 7.71. The molecular weight excluding hydrogens is 246 g/mol. The third-order valence-electron chi connectivity index (χ3n) is 3.62. The number of carboxylic acid groups (broad SMARTS) is 1.